The van der Waals surface area contributed by atoms with Gasteiger partial charge >= 0.3 is 0 Å². The molecule has 84 valence electrons. The Morgan fingerprint density at radius 3 is 2.47 bits per heavy atom. The van der Waals surface area contributed by atoms with Crippen molar-refractivity contribution in [3.05, 3.63) is 23.3 Å². The minimum atomic E-state index is -0.512. The Morgan fingerprint density at radius 1 is 1.40 bits per heavy atom. The molecule has 0 radical (unpaired) electrons. The van der Waals surface area contributed by atoms with Gasteiger partial charge in [0.1, 0.15) is 0 Å². The fourth-order valence-corrected chi connectivity index (χ4v) is 1.21. The van der Waals surface area contributed by atoms with Gasteiger partial charge in [-0.2, -0.15) is 0 Å². The zero-order valence-corrected chi connectivity index (χ0v) is 10.2. The Hall–Kier alpha value is -1.00. The lowest BCUT2D eigenvalue weighted by molar-refractivity contribution is 0.188. The van der Waals surface area contributed by atoms with Crippen LogP contribution in [0.2, 0.25) is 0 Å². The van der Waals surface area contributed by atoms with Crippen molar-refractivity contribution < 1.29 is 5.11 Å². The molecule has 0 heterocycles. The largest absolute Gasteiger partial charge is 0.388 e. The van der Waals surface area contributed by atoms with Gasteiger partial charge in [0.25, 0.3) is 0 Å². The van der Waals surface area contributed by atoms with Crippen molar-refractivity contribution in [2.45, 2.75) is 46.6 Å². The first-order valence-corrected chi connectivity index (χ1v) is 5.42. The fraction of sp³-hybridized carbons (Fsp3) is 0.571. The number of aliphatic hydroxyl groups is 1. The fourth-order valence-electron chi connectivity index (χ4n) is 1.21. The van der Waals surface area contributed by atoms with E-state index in [0.29, 0.717) is 0 Å². The molecule has 1 N–H and O–H groups in total. The monoisotopic (exact) mass is 206 g/mol. The van der Waals surface area contributed by atoms with Gasteiger partial charge in [-0.15, -0.1) is 12.3 Å². The Kier molecular flexibility index (Phi) is 6.83. The summed E-state index contributed by atoms with van der Waals surface area (Å²) < 4.78 is 0. The second kappa shape index (κ2) is 7.31. The van der Waals surface area contributed by atoms with Crippen LogP contribution in [0.4, 0.5) is 0 Å². The second-order valence-electron chi connectivity index (χ2n) is 4.28. The zero-order valence-electron chi connectivity index (χ0n) is 10.2. The maximum absolute atomic E-state index is 9.66. The van der Waals surface area contributed by atoms with Gasteiger partial charge in [0, 0.05) is 5.92 Å². The molecule has 0 aliphatic carbocycles. The highest BCUT2D eigenvalue weighted by Gasteiger charge is 2.07. The first-order chi connectivity index (χ1) is 6.97. The van der Waals surface area contributed by atoms with Crippen molar-refractivity contribution >= 4 is 0 Å². The molecule has 2 atom stereocenters. The average molecular weight is 206 g/mol. The molecule has 0 bridgehead atoms. The molecule has 0 aromatic heterocycles. The van der Waals surface area contributed by atoms with Gasteiger partial charge in [-0.1, -0.05) is 23.3 Å². The van der Waals surface area contributed by atoms with Crippen LogP contribution in [-0.2, 0) is 0 Å². The predicted octanol–water partition coefficient (Wildman–Crippen LogP) is 3.31. The van der Waals surface area contributed by atoms with Gasteiger partial charge in [-0.3, -0.25) is 0 Å². The Bertz CT molecular complexity index is 274. The summed E-state index contributed by atoms with van der Waals surface area (Å²) in [5.41, 5.74) is 2.53. The van der Waals surface area contributed by atoms with Crippen molar-refractivity contribution in [2.75, 3.05) is 0 Å². The van der Waals surface area contributed by atoms with Crippen LogP contribution in [0, 0.1) is 18.3 Å². The third kappa shape index (κ3) is 6.99. The number of rotatable bonds is 5. The van der Waals surface area contributed by atoms with E-state index in [1.165, 1.54) is 11.1 Å². The summed E-state index contributed by atoms with van der Waals surface area (Å²) in [6.45, 7) is 8.07. The zero-order chi connectivity index (χ0) is 11.8. The van der Waals surface area contributed by atoms with E-state index in [0.717, 1.165) is 12.8 Å². The van der Waals surface area contributed by atoms with Gasteiger partial charge in [0.15, 0.2) is 0 Å². The molecule has 0 saturated heterocycles. The van der Waals surface area contributed by atoms with Crippen molar-refractivity contribution in [2.24, 2.45) is 5.92 Å². The topological polar surface area (TPSA) is 20.2 Å². The number of aliphatic hydroxyl groups excluding tert-OH is 1. The summed E-state index contributed by atoms with van der Waals surface area (Å²) >= 11 is 0. The molecule has 15 heavy (non-hydrogen) atoms. The summed E-state index contributed by atoms with van der Waals surface area (Å²) in [6.07, 6.45) is 10.8. The van der Waals surface area contributed by atoms with Crippen LogP contribution in [-0.4, -0.2) is 11.2 Å². The van der Waals surface area contributed by atoms with Crippen LogP contribution in [0.25, 0.3) is 0 Å². The maximum atomic E-state index is 9.66. The van der Waals surface area contributed by atoms with E-state index in [2.05, 4.69) is 25.8 Å². The third-order valence-electron chi connectivity index (χ3n) is 2.32. The standard InChI is InChI=1S/C14H22O/c1-6-13(5)14(15)10-12(4)9-7-8-11(2)3/h1,8,10,13-15H,7,9H2,2-5H3/b12-10+/t13-,14+/m1/s1. The van der Waals surface area contributed by atoms with E-state index < -0.39 is 6.10 Å². The summed E-state index contributed by atoms with van der Waals surface area (Å²) in [6, 6.07) is 0. The van der Waals surface area contributed by atoms with Gasteiger partial charge < -0.3 is 5.11 Å². The van der Waals surface area contributed by atoms with E-state index >= 15 is 0 Å². The number of allylic oxidation sites excluding steroid dienone is 3. The van der Waals surface area contributed by atoms with Crippen LogP contribution in [0.5, 0.6) is 0 Å². The van der Waals surface area contributed by atoms with Gasteiger partial charge in [0.05, 0.1) is 6.10 Å². The third-order valence-corrected chi connectivity index (χ3v) is 2.32. The molecule has 0 rings (SSSR count). The van der Waals surface area contributed by atoms with Crippen molar-refractivity contribution in [1.29, 1.82) is 0 Å². The summed E-state index contributed by atoms with van der Waals surface area (Å²) in [7, 11) is 0. The number of hydrogen-bond acceptors (Lipinski definition) is 1. The molecule has 0 amide bonds. The van der Waals surface area contributed by atoms with E-state index in [1.54, 1.807) is 0 Å². The van der Waals surface area contributed by atoms with E-state index in [1.807, 2.05) is 19.9 Å². The summed E-state index contributed by atoms with van der Waals surface area (Å²) in [5.74, 6) is 2.43. The molecule has 0 spiro atoms. The first kappa shape index (κ1) is 14.0. The predicted molar refractivity (Wildman–Crippen MR) is 66.4 cm³/mol. The van der Waals surface area contributed by atoms with Crippen LogP contribution in [0.15, 0.2) is 23.3 Å². The quantitative estimate of drug-likeness (QED) is 0.540. The van der Waals surface area contributed by atoms with Crippen molar-refractivity contribution in [1.82, 2.24) is 0 Å². The van der Waals surface area contributed by atoms with Crippen molar-refractivity contribution in [3.8, 4) is 12.3 Å². The lowest BCUT2D eigenvalue weighted by atomic mass is 10.0. The highest BCUT2D eigenvalue weighted by Crippen LogP contribution is 2.11. The normalized spacial score (nSPS) is 15.3. The van der Waals surface area contributed by atoms with Gasteiger partial charge in [-0.05, 0) is 40.5 Å². The molecular weight excluding hydrogens is 184 g/mol. The second-order valence-corrected chi connectivity index (χ2v) is 4.28. The van der Waals surface area contributed by atoms with Gasteiger partial charge in [0.2, 0.25) is 0 Å². The van der Waals surface area contributed by atoms with E-state index in [-0.39, 0.29) is 5.92 Å². The lowest BCUT2D eigenvalue weighted by Gasteiger charge is -2.10. The molecule has 0 unspecified atom stereocenters. The van der Waals surface area contributed by atoms with Crippen LogP contribution < -0.4 is 0 Å². The molecular formula is C14H22O. The molecule has 0 saturated carbocycles. The average Bonchev–Trinajstić information content (AvgIpc) is 2.15. The SMILES string of the molecule is C#C[C@@H](C)[C@@H](O)/C=C(\C)CCC=C(C)C. The highest BCUT2D eigenvalue weighted by atomic mass is 16.3. The van der Waals surface area contributed by atoms with Gasteiger partial charge in [-0.25, -0.2) is 0 Å². The minimum Gasteiger partial charge on any atom is -0.388 e. The lowest BCUT2D eigenvalue weighted by Crippen LogP contribution is -2.13. The smallest absolute Gasteiger partial charge is 0.0858 e. The molecule has 0 aliphatic rings. The Balaban J connectivity index is 4.10. The summed E-state index contributed by atoms with van der Waals surface area (Å²) in [4.78, 5) is 0. The molecule has 1 nitrogen and oxygen atoms in total. The Morgan fingerprint density at radius 2 is 2.00 bits per heavy atom. The first-order valence-electron chi connectivity index (χ1n) is 5.42. The van der Waals surface area contributed by atoms with Crippen molar-refractivity contribution in [3.63, 3.8) is 0 Å². The molecule has 0 aromatic carbocycles. The maximum Gasteiger partial charge on any atom is 0.0858 e. The number of terminal acetylenes is 1. The summed E-state index contributed by atoms with van der Waals surface area (Å²) in [5, 5.41) is 9.66. The highest BCUT2D eigenvalue weighted by molar-refractivity contribution is 5.09. The molecule has 1 heteroatoms. The van der Waals surface area contributed by atoms with Crippen LogP contribution >= 0.6 is 0 Å². The molecule has 0 aromatic rings. The Labute approximate surface area is 93.9 Å². The van der Waals surface area contributed by atoms with E-state index in [4.69, 9.17) is 6.42 Å². The van der Waals surface area contributed by atoms with E-state index in [9.17, 15) is 5.11 Å². The van der Waals surface area contributed by atoms with Crippen LogP contribution in [0.3, 0.4) is 0 Å². The van der Waals surface area contributed by atoms with Crippen LogP contribution in [0.1, 0.15) is 40.5 Å². The molecule has 0 aliphatic heterocycles. The number of hydrogen-bond donors (Lipinski definition) is 1. The minimum absolute atomic E-state index is 0.108. The molecule has 0 fully saturated rings.